The van der Waals surface area contributed by atoms with E-state index in [0.29, 0.717) is 12.1 Å². The molecule has 0 bridgehead atoms. The first-order chi connectivity index (χ1) is 11.3. The molecule has 9 heteroatoms. The summed E-state index contributed by atoms with van der Waals surface area (Å²) in [6, 6.07) is 0.846. The summed E-state index contributed by atoms with van der Waals surface area (Å²) < 4.78 is 82.5. The maximum absolute atomic E-state index is 12.9. The third kappa shape index (κ3) is 4.19. The summed E-state index contributed by atoms with van der Waals surface area (Å²) in [6.45, 7) is 4.87. The van der Waals surface area contributed by atoms with E-state index in [4.69, 9.17) is 4.74 Å². The zero-order chi connectivity index (χ0) is 19.2. The predicted octanol–water partition coefficient (Wildman–Crippen LogP) is 5.09. The molecule has 1 aromatic carbocycles. The van der Waals surface area contributed by atoms with Gasteiger partial charge in [0.25, 0.3) is 0 Å². The summed E-state index contributed by atoms with van der Waals surface area (Å²) in [5.41, 5.74) is -3.06. The van der Waals surface area contributed by atoms with Crippen molar-refractivity contribution in [3.63, 3.8) is 0 Å². The molecule has 0 saturated carbocycles. The molecule has 0 N–H and O–H groups in total. The largest absolute Gasteiger partial charge is 0.444 e. The van der Waals surface area contributed by atoms with Gasteiger partial charge in [-0.05, 0) is 36.6 Å². The van der Waals surface area contributed by atoms with Crippen molar-refractivity contribution >= 4 is 6.09 Å². The van der Waals surface area contributed by atoms with E-state index in [1.54, 1.807) is 6.92 Å². The normalized spacial score (nSPS) is 21.8. The minimum atomic E-state index is -4.92. The Morgan fingerprint density at radius 2 is 1.52 bits per heavy atom. The Balaban J connectivity index is 2.37. The van der Waals surface area contributed by atoms with Crippen LogP contribution in [0.5, 0.6) is 0 Å². The quantitative estimate of drug-likeness (QED) is 0.695. The van der Waals surface area contributed by atoms with Crippen LogP contribution in [-0.2, 0) is 23.6 Å². The van der Waals surface area contributed by atoms with Crippen LogP contribution in [-0.4, -0.2) is 23.1 Å². The number of amides is 1. The van der Waals surface area contributed by atoms with Gasteiger partial charge in [-0.15, -0.1) is 0 Å². The Morgan fingerprint density at radius 3 is 1.88 bits per heavy atom. The summed E-state index contributed by atoms with van der Waals surface area (Å²) in [7, 11) is 0. The van der Waals surface area contributed by atoms with Crippen LogP contribution in [0.2, 0.25) is 0 Å². The molecule has 1 amide bonds. The van der Waals surface area contributed by atoms with Gasteiger partial charge in [0.05, 0.1) is 17.2 Å². The number of nitrogens with zero attached hydrogens (tertiary/aromatic N) is 1. The van der Waals surface area contributed by atoms with Gasteiger partial charge >= 0.3 is 18.4 Å². The molecule has 2 atom stereocenters. The molecule has 1 aliphatic rings. The first-order valence-corrected chi connectivity index (χ1v) is 7.56. The second kappa shape index (κ2) is 6.42. The van der Waals surface area contributed by atoms with Crippen molar-refractivity contribution in [2.24, 2.45) is 5.92 Å². The van der Waals surface area contributed by atoms with Crippen LogP contribution in [0, 0.1) is 5.92 Å². The Bertz CT molecular complexity index is 621. The lowest BCUT2D eigenvalue weighted by Crippen LogP contribution is -2.35. The van der Waals surface area contributed by atoms with E-state index in [2.05, 4.69) is 0 Å². The fourth-order valence-electron chi connectivity index (χ4n) is 2.84. The van der Waals surface area contributed by atoms with Crippen LogP contribution in [0.15, 0.2) is 18.2 Å². The lowest BCUT2D eigenvalue weighted by atomic mass is 10.00. The molecular weight excluding hydrogens is 352 g/mol. The Morgan fingerprint density at radius 1 is 1.04 bits per heavy atom. The Kier molecular flexibility index (Phi) is 4.98. The van der Waals surface area contributed by atoms with Crippen LogP contribution in [0.25, 0.3) is 0 Å². The molecule has 0 spiro atoms. The van der Waals surface area contributed by atoms with Gasteiger partial charge in [0, 0.05) is 6.54 Å². The number of carbonyl (C=O) groups is 1. The molecule has 3 nitrogen and oxygen atoms in total. The monoisotopic (exact) mass is 369 g/mol. The van der Waals surface area contributed by atoms with Crippen molar-refractivity contribution in [3.05, 3.63) is 34.9 Å². The first kappa shape index (κ1) is 19.4. The molecule has 0 radical (unpaired) electrons. The SMILES string of the molecule is CC(C)[C@H]1OC(=O)N(Cc2cc(C(F)(F)F)cc(C(F)(F)F)c2)[C@H]1C. The van der Waals surface area contributed by atoms with Gasteiger partial charge in [-0.3, -0.25) is 4.90 Å². The van der Waals surface area contributed by atoms with E-state index in [-0.39, 0.29) is 17.5 Å². The standard InChI is InChI=1S/C16H17F6NO2/c1-8(2)13-9(3)23(14(24)25-13)7-10-4-11(15(17,18)19)6-12(5-10)16(20,21)22/h4-6,8-9,13H,7H2,1-3H3/t9-,13+/m0/s1. The molecule has 1 fully saturated rings. The molecule has 1 heterocycles. The van der Waals surface area contributed by atoms with Gasteiger partial charge in [-0.1, -0.05) is 13.8 Å². The molecule has 1 saturated heterocycles. The average Bonchev–Trinajstić information content (AvgIpc) is 2.73. The van der Waals surface area contributed by atoms with Gasteiger partial charge < -0.3 is 4.74 Å². The number of rotatable bonds is 3. The highest BCUT2D eigenvalue weighted by Crippen LogP contribution is 2.37. The molecule has 0 aromatic heterocycles. The van der Waals surface area contributed by atoms with Crippen molar-refractivity contribution in [2.45, 2.75) is 51.8 Å². The zero-order valence-electron chi connectivity index (χ0n) is 13.7. The van der Waals surface area contributed by atoms with E-state index in [9.17, 15) is 31.1 Å². The number of cyclic esters (lactones) is 1. The number of hydrogen-bond donors (Lipinski definition) is 0. The molecule has 1 aromatic rings. The molecule has 2 rings (SSSR count). The topological polar surface area (TPSA) is 29.5 Å². The summed E-state index contributed by atoms with van der Waals surface area (Å²) in [4.78, 5) is 13.1. The van der Waals surface area contributed by atoms with Crippen LogP contribution >= 0.6 is 0 Å². The number of halogens is 6. The van der Waals surface area contributed by atoms with Crippen LogP contribution in [0.1, 0.15) is 37.5 Å². The van der Waals surface area contributed by atoms with Gasteiger partial charge in [0.2, 0.25) is 0 Å². The summed E-state index contributed by atoms with van der Waals surface area (Å²) in [5.74, 6) is -0.0313. The molecule has 0 aliphatic carbocycles. The summed E-state index contributed by atoms with van der Waals surface area (Å²) >= 11 is 0. The maximum atomic E-state index is 12.9. The first-order valence-electron chi connectivity index (χ1n) is 7.56. The van der Waals surface area contributed by atoms with Crippen molar-refractivity contribution < 1.29 is 35.9 Å². The van der Waals surface area contributed by atoms with Crippen LogP contribution < -0.4 is 0 Å². The van der Waals surface area contributed by atoms with Gasteiger partial charge in [-0.25, -0.2) is 4.79 Å². The highest BCUT2D eigenvalue weighted by Gasteiger charge is 2.41. The molecule has 1 aliphatic heterocycles. The van der Waals surface area contributed by atoms with E-state index < -0.39 is 48.3 Å². The highest BCUT2D eigenvalue weighted by atomic mass is 19.4. The maximum Gasteiger partial charge on any atom is 0.416 e. The number of benzene rings is 1. The van der Waals surface area contributed by atoms with E-state index in [1.165, 1.54) is 0 Å². The van der Waals surface area contributed by atoms with Gasteiger partial charge in [0.1, 0.15) is 6.10 Å². The second-order valence-corrected chi connectivity index (χ2v) is 6.38. The Hall–Kier alpha value is -1.93. The minimum Gasteiger partial charge on any atom is -0.444 e. The molecular formula is C16H17F6NO2. The van der Waals surface area contributed by atoms with Gasteiger partial charge in [-0.2, -0.15) is 26.3 Å². The molecule has 25 heavy (non-hydrogen) atoms. The fraction of sp³-hybridized carbons (Fsp3) is 0.562. The van der Waals surface area contributed by atoms with Gasteiger partial charge in [0.15, 0.2) is 0 Å². The third-order valence-corrected chi connectivity index (χ3v) is 4.10. The minimum absolute atomic E-state index is 0.0313. The highest BCUT2D eigenvalue weighted by molar-refractivity contribution is 5.70. The number of hydrogen-bond acceptors (Lipinski definition) is 2. The van der Waals surface area contributed by atoms with E-state index in [1.807, 2.05) is 13.8 Å². The summed E-state index contributed by atoms with van der Waals surface area (Å²) in [6.07, 6.45) is -11.1. The van der Waals surface area contributed by atoms with Crippen molar-refractivity contribution in [1.29, 1.82) is 0 Å². The number of alkyl halides is 6. The predicted molar refractivity (Wildman–Crippen MR) is 76.6 cm³/mol. The second-order valence-electron chi connectivity index (χ2n) is 6.38. The third-order valence-electron chi connectivity index (χ3n) is 4.10. The smallest absolute Gasteiger partial charge is 0.416 e. The van der Waals surface area contributed by atoms with Crippen molar-refractivity contribution in [1.82, 2.24) is 4.90 Å². The van der Waals surface area contributed by atoms with Crippen molar-refractivity contribution in [3.8, 4) is 0 Å². The number of ether oxygens (including phenoxy) is 1. The Labute approximate surface area is 140 Å². The lowest BCUT2D eigenvalue weighted by molar-refractivity contribution is -0.143. The fourth-order valence-corrected chi connectivity index (χ4v) is 2.84. The average molecular weight is 369 g/mol. The number of carbonyl (C=O) groups excluding carboxylic acids is 1. The van der Waals surface area contributed by atoms with Crippen LogP contribution in [0.4, 0.5) is 31.1 Å². The lowest BCUT2D eigenvalue weighted by Gasteiger charge is -2.23. The zero-order valence-corrected chi connectivity index (χ0v) is 13.7. The summed E-state index contributed by atoms with van der Waals surface area (Å²) in [5, 5.41) is 0. The molecule has 0 unspecified atom stereocenters. The van der Waals surface area contributed by atoms with Crippen LogP contribution in [0.3, 0.4) is 0 Å². The van der Waals surface area contributed by atoms with Crippen molar-refractivity contribution in [2.75, 3.05) is 0 Å². The molecule has 140 valence electrons. The van der Waals surface area contributed by atoms with E-state index >= 15 is 0 Å². The van der Waals surface area contributed by atoms with E-state index in [0.717, 1.165) is 4.90 Å².